The van der Waals surface area contributed by atoms with E-state index in [2.05, 4.69) is 39.9 Å². The Labute approximate surface area is 167 Å². The fourth-order valence-electron chi connectivity index (χ4n) is 2.07. The van der Waals surface area contributed by atoms with Crippen molar-refractivity contribution in [1.29, 1.82) is 0 Å². The number of nitrogens with zero attached hydrogens (tertiary/aromatic N) is 1. The lowest BCUT2D eigenvalue weighted by Crippen LogP contribution is -2.24. The fraction of sp³-hybridized carbons (Fsp3) is 0.652. The number of carbonyl (C=O) groups excluding carboxylic acids is 2. The van der Waals surface area contributed by atoms with E-state index in [1.807, 2.05) is 38.1 Å². The number of nitrogens with one attached hydrogen (secondary N) is 1. The van der Waals surface area contributed by atoms with Crippen LogP contribution in [0.5, 0.6) is 0 Å². The Balaban J connectivity index is 0. The first-order chi connectivity index (χ1) is 12.7. The Morgan fingerprint density at radius 2 is 1.59 bits per heavy atom. The van der Waals surface area contributed by atoms with Crippen LogP contribution >= 0.6 is 0 Å². The molecule has 1 aromatic carbocycles. The summed E-state index contributed by atoms with van der Waals surface area (Å²) in [6.45, 7) is 16.4. The van der Waals surface area contributed by atoms with Gasteiger partial charge in [0, 0.05) is 20.4 Å². The maximum Gasteiger partial charge on any atom is 0.224 e. The minimum Gasteiger partial charge on any atom is -0.324 e. The van der Waals surface area contributed by atoms with Crippen LogP contribution in [0.4, 0.5) is 11.4 Å². The molecule has 0 saturated carbocycles. The highest BCUT2D eigenvalue weighted by molar-refractivity contribution is 5.99. The van der Waals surface area contributed by atoms with Gasteiger partial charge in [0.2, 0.25) is 11.8 Å². The predicted molar refractivity (Wildman–Crippen MR) is 119 cm³/mol. The molecule has 0 bridgehead atoms. The van der Waals surface area contributed by atoms with Gasteiger partial charge in [0.15, 0.2) is 0 Å². The highest BCUT2D eigenvalue weighted by Crippen LogP contribution is 2.25. The Morgan fingerprint density at radius 1 is 1.07 bits per heavy atom. The Kier molecular flexibility index (Phi) is 16.6. The van der Waals surface area contributed by atoms with Gasteiger partial charge in [-0.25, -0.2) is 0 Å². The molecule has 0 radical (unpaired) electrons. The summed E-state index contributed by atoms with van der Waals surface area (Å²) in [5.74, 6) is 1.44. The van der Waals surface area contributed by atoms with E-state index in [9.17, 15) is 9.59 Å². The van der Waals surface area contributed by atoms with Crippen LogP contribution < -0.4 is 10.2 Å². The normalized spacial score (nSPS) is 10.7. The third-order valence-electron chi connectivity index (χ3n) is 3.81. The minimum absolute atomic E-state index is 0.00250. The van der Waals surface area contributed by atoms with E-state index in [0.717, 1.165) is 30.9 Å². The van der Waals surface area contributed by atoms with Crippen LogP contribution in [-0.4, -0.2) is 18.9 Å². The summed E-state index contributed by atoms with van der Waals surface area (Å²) in [4.78, 5) is 25.0. The van der Waals surface area contributed by atoms with E-state index in [-0.39, 0.29) is 11.8 Å². The molecule has 2 amide bonds. The standard InChI is InChI=1S/C17H26N2O2.C4H10.C2H6/c1-5-13(2)9-8-12-17(21)18-15-10-6-7-11-16(15)19(4)14(3)20;1-4(2)3;1-2/h6-7,10-11,13H,5,8-9,12H2,1-4H3,(H,18,21);4H,1-3H3;1-2H3. The first kappa shape index (κ1) is 27.4. The zero-order chi connectivity index (χ0) is 21.4. The highest BCUT2D eigenvalue weighted by atomic mass is 16.2. The van der Waals surface area contributed by atoms with Crippen molar-refractivity contribution in [3.63, 3.8) is 0 Å². The molecule has 0 aliphatic heterocycles. The van der Waals surface area contributed by atoms with Gasteiger partial charge < -0.3 is 10.2 Å². The molecule has 4 nitrogen and oxygen atoms in total. The molecule has 0 aromatic heterocycles. The van der Waals surface area contributed by atoms with Crippen molar-refractivity contribution >= 4 is 23.2 Å². The summed E-state index contributed by atoms with van der Waals surface area (Å²) in [5.41, 5.74) is 1.41. The van der Waals surface area contributed by atoms with Gasteiger partial charge in [-0.3, -0.25) is 9.59 Å². The molecule has 0 saturated heterocycles. The van der Waals surface area contributed by atoms with Crippen molar-refractivity contribution in [2.45, 2.75) is 81.1 Å². The van der Waals surface area contributed by atoms with Crippen LogP contribution in [0.1, 0.15) is 81.1 Å². The SMILES string of the molecule is CC.CC(C)C.CCC(C)CCCC(=O)Nc1ccccc1N(C)C(C)=O. The zero-order valence-electron chi connectivity index (χ0n) is 19.1. The molecular formula is C23H42N2O2. The Hall–Kier alpha value is -1.84. The van der Waals surface area contributed by atoms with Crippen LogP contribution in [0.2, 0.25) is 0 Å². The lowest BCUT2D eigenvalue weighted by molar-refractivity contribution is -0.117. The first-order valence-electron chi connectivity index (χ1n) is 10.3. The molecule has 27 heavy (non-hydrogen) atoms. The second-order valence-corrected chi connectivity index (χ2v) is 7.28. The second-order valence-electron chi connectivity index (χ2n) is 7.28. The number of hydrogen-bond acceptors (Lipinski definition) is 2. The third-order valence-corrected chi connectivity index (χ3v) is 3.81. The average Bonchev–Trinajstić information content (AvgIpc) is 2.62. The molecule has 156 valence electrons. The quantitative estimate of drug-likeness (QED) is 0.587. The van der Waals surface area contributed by atoms with Crippen molar-refractivity contribution in [1.82, 2.24) is 0 Å². The molecule has 1 N–H and O–H groups in total. The predicted octanol–water partition coefficient (Wildman–Crippen LogP) is 6.51. The molecule has 0 fully saturated rings. The summed E-state index contributed by atoms with van der Waals surface area (Å²) < 4.78 is 0. The van der Waals surface area contributed by atoms with Crippen LogP contribution in [0.3, 0.4) is 0 Å². The molecule has 0 aliphatic carbocycles. The maximum atomic E-state index is 12.0. The molecular weight excluding hydrogens is 336 g/mol. The van der Waals surface area contributed by atoms with Gasteiger partial charge in [-0.15, -0.1) is 0 Å². The molecule has 0 aliphatic rings. The van der Waals surface area contributed by atoms with Crippen LogP contribution in [-0.2, 0) is 9.59 Å². The summed E-state index contributed by atoms with van der Waals surface area (Å²) in [7, 11) is 1.70. The zero-order valence-corrected chi connectivity index (χ0v) is 19.1. The van der Waals surface area contributed by atoms with E-state index in [4.69, 9.17) is 0 Å². The van der Waals surface area contributed by atoms with Crippen molar-refractivity contribution in [2.24, 2.45) is 11.8 Å². The number of anilines is 2. The van der Waals surface area contributed by atoms with Gasteiger partial charge >= 0.3 is 0 Å². The van der Waals surface area contributed by atoms with E-state index >= 15 is 0 Å². The summed E-state index contributed by atoms with van der Waals surface area (Å²) in [6.07, 6.45) is 3.63. The molecule has 1 rings (SSSR count). The summed E-state index contributed by atoms with van der Waals surface area (Å²) in [5, 5.41) is 2.91. The van der Waals surface area contributed by atoms with Crippen LogP contribution in [0, 0.1) is 11.8 Å². The van der Waals surface area contributed by atoms with Gasteiger partial charge in [0.25, 0.3) is 0 Å². The minimum atomic E-state index is -0.0616. The van der Waals surface area contributed by atoms with Crippen molar-refractivity contribution in [3.8, 4) is 0 Å². The molecule has 4 heteroatoms. The van der Waals surface area contributed by atoms with Crippen LogP contribution in [0.25, 0.3) is 0 Å². The van der Waals surface area contributed by atoms with E-state index < -0.39 is 0 Å². The molecule has 1 atom stereocenters. The summed E-state index contributed by atoms with van der Waals surface area (Å²) >= 11 is 0. The van der Waals surface area contributed by atoms with Crippen LogP contribution in [0.15, 0.2) is 24.3 Å². The lowest BCUT2D eigenvalue weighted by atomic mass is 10.0. The Morgan fingerprint density at radius 3 is 2.07 bits per heavy atom. The number of para-hydroxylation sites is 2. The van der Waals surface area contributed by atoms with Crippen molar-refractivity contribution < 1.29 is 9.59 Å². The molecule has 1 aromatic rings. The number of amides is 2. The Bertz CT molecular complexity index is 524. The third kappa shape index (κ3) is 14.0. The van der Waals surface area contributed by atoms with Gasteiger partial charge in [-0.1, -0.05) is 73.4 Å². The number of carbonyl (C=O) groups is 2. The highest BCUT2D eigenvalue weighted by Gasteiger charge is 2.12. The second kappa shape index (κ2) is 16.3. The van der Waals surface area contributed by atoms with Gasteiger partial charge in [0.1, 0.15) is 0 Å². The summed E-state index contributed by atoms with van der Waals surface area (Å²) in [6, 6.07) is 7.36. The average molecular weight is 379 g/mol. The molecule has 1 unspecified atom stereocenters. The van der Waals surface area contributed by atoms with E-state index in [0.29, 0.717) is 18.0 Å². The van der Waals surface area contributed by atoms with Gasteiger partial charge in [0.05, 0.1) is 11.4 Å². The van der Waals surface area contributed by atoms with Crippen molar-refractivity contribution in [2.75, 3.05) is 17.3 Å². The smallest absolute Gasteiger partial charge is 0.224 e. The van der Waals surface area contributed by atoms with E-state index in [1.165, 1.54) is 11.8 Å². The molecule has 0 heterocycles. The largest absolute Gasteiger partial charge is 0.324 e. The number of hydrogen-bond donors (Lipinski definition) is 1. The number of benzene rings is 1. The lowest BCUT2D eigenvalue weighted by Gasteiger charge is -2.19. The topological polar surface area (TPSA) is 49.4 Å². The molecule has 0 spiro atoms. The number of rotatable bonds is 7. The monoisotopic (exact) mass is 378 g/mol. The van der Waals surface area contributed by atoms with Gasteiger partial charge in [-0.05, 0) is 30.4 Å². The fourth-order valence-corrected chi connectivity index (χ4v) is 2.07. The van der Waals surface area contributed by atoms with Gasteiger partial charge in [-0.2, -0.15) is 0 Å². The maximum absolute atomic E-state index is 12.0. The first-order valence-corrected chi connectivity index (χ1v) is 10.3. The van der Waals surface area contributed by atoms with E-state index in [1.54, 1.807) is 7.05 Å². The van der Waals surface area contributed by atoms with Crippen molar-refractivity contribution in [3.05, 3.63) is 24.3 Å².